The average molecular weight is 396 g/mol. The first-order valence-electron chi connectivity index (χ1n) is 9.81. The van der Waals surface area contributed by atoms with E-state index in [0.29, 0.717) is 13.2 Å². The lowest BCUT2D eigenvalue weighted by molar-refractivity contribution is 0.172. The quantitative estimate of drug-likeness (QED) is 0.611. The second-order valence-electron chi connectivity index (χ2n) is 7.07. The van der Waals surface area contributed by atoms with Crippen molar-refractivity contribution < 1.29 is 9.13 Å². The molecule has 0 amide bonds. The van der Waals surface area contributed by atoms with Crippen LogP contribution in [0.3, 0.4) is 0 Å². The van der Waals surface area contributed by atoms with Gasteiger partial charge < -0.3 is 9.64 Å². The third-order valence-electron chi connectivity index (χ3n) is 5.30. The van der Waals surface area contributed by atoms with Crippen LogP contribution in [0.25, 0.3) is 0 Å². The molecule has 0 bridgehead atoms. The predicted molar refractivity (Wildman–Crippen MR) is 108 cm³/mol. The van der Waals surface area contributed by atoms with Gasteiger partial charge in [0, 0.05) is 39.0 Å². The maximum absolute atomic E-state index is 13.2. The second kappa shape index (κ2) is 9.11. The van der Waals surface area contributed by atoms with Gasteiger partial charge in [-0.2, -0.15) is 0 Å². The summed E-state index contributed by atoms with van der Waals surface area (Å²) in [4.78, 5) is 4.69. The van der Waals surface area contributed by atoms with E-state index in [-0.39, 0.29) is 11.9 Å². The molecule has 1 unspecified atom stereocenters. The van der Waals surface area contributed by atoms with E-state index in [4.69, 9.17) is 4.74 Å². The number of ether oxygens (including phenoxy) is 1. The summed E-state index contributed by atoms with van der Waals surface area (Å²) in [7, 11) is 1.67. The van der Waals surface area contributed by atoms with Crippen molar-refractivity contribution in [3.05, 3.63) is 71.8 Å². The van der Waals surface area contributed by atoms with Crippen LogP contribution in [-0.2, 0) is 11.3 Å². The molecule has 29 heavy (non-hydrogen) atoms. The van der Waals surface area contributed by atoms with Gasteiger partial charge in [-0.15, -0.1) is 5.10 Å². The molecule has 1 aliphatic heterocycles. The van der Waals surface area contributed by atoms with Crippen LogP contribution in [0.2, 0.25) is 0 Å². The number of methoxy groups -OCH3 is 1. The fraction of sp³-hybridized carbons (Fsp3) is 0.381. The summed E-state index contributed by atoms with van der Waals surface area (Å²) in [5, 5.41) is 12.4. The van der Waals surface area contributed by atoms with Crippen LogP contribution in [0.15, 0.2) is 54.6 Å². The summed E-state index contributed by atoms with van der Waals surface area (Å²) in [6.45, 7) is 4.58. The summed E-state index contributed by atoms with van der Waals surface area (Å²) in [6.07, 6.45) is 0. The predicted octanol–water partition coefficient (Wildman–Crippen LogP) is 2.37. The average Bonchev–Trinajstić information content (AvgIpc) is 3.22. The molecule has 0 spiro atoms. The van der Waals surface area contributed by atoms with Crippen molar-refractivity contribution in [1.29, 1.82) is 0 Å². The Morgan fingerprint density at radius 3 is 2.41 bits per heavy atom. The van der Waals surface area contributed by atoms with E-state index >= 15 is 0 Å². The Hall–Kier alpha value is -2.84. The number of benzene rings is 2. The van der Waals surface area contributed by atoms with Crippen molar-refractivity contribution in [2.24, 2.45) is 0 Å². The first kappa shape index (κ1) is 19.5. The molecule has 4 rings (SSSR count). The van der Waals surface area contributed by atoms with Crippen molar-refractivity contribution in [2.75, 3.05) is 44.8 Å². The Morgan fingerprint density at radius 1 is 1.00 bits per heavy atom. The zero-order valence-electron chi connectivity index (χ0n) is 16.5. The number of hydrogen-bond donors (Lipinski definition) is 0. The molecule has 7 nitrogen and oxygen atoms in total. The first-order chi connectivity index (χ1) is 14.3. The largest absolute Gasteiger partial charge is 0.383 e. The van der Waals surface area contributed by atoms with Gasteiger partial charge >= 0.3 is 0 Å². The highest BCUT2D eigenvalue weighted by molar-refractivity contribution is 5.46. The number of anilines is 1. The fourth-order valence-electron chi connectivity index (χ4n) is 3.79. The molecule has 0 radical (unpaired) electrons. The highest BCUT2D eigenvalue weighted by Gasteiger charge is 2.30. The molecule has 2 aromatic carbocycles. The number of piperazine rings is 1. The SMILES string of the molecule is COCCn1nnnc1C(c1ccccc1)N1CCN(c2ccc(F)cc2)CC1. The monoisotopic (exact) mass is 396 g/mol. The van der Waals surface area contributed by atoms with Gasteiger partial charge in [0.15, 0.2) is 5.82 Å². The van der Waals surface area contributed by atoms with E-state index in [2.05, 4.69) is 37.5 Å². The molecular formula is C21H25FN6O. The Labute approximate surface area is 169 Å². The van der Waals surface area contributed by atoms with Crippen LogP contribution in [-0.4, -0.2) is 65.0 Å². The topological polar surface area (TPSA) is 59.3 Å². The summed E-state index contributed by atoms with van der Waals surface area (Å²) in [5.41, 5.74) is 2.21. The molecule has 1 saturated heterocycles. The lowest BCUT2D eigenvalue weighted by Gasteiger charge is -2.39. The van der Waals surface area contributed by atoms with Gasteiger partial charge in [-0.25, -0.2) is 9.07 Å². The van der Waals surface area contributed by atoms with Crippen molar-refractivity contribution in [2.45, 2.75) is 12.6 Å². The molecule has 1 aromatic heterocycles. The van der Waals surface area contributed by atoms with Gasteiger partial charge in [0.2, 0.25) is 0 Å². The van der Waals surface area contributed by atoms with E-state index in [1.807, 2.05) is 35.0 Å². The third-order valence-corrected chi connectivity index (χ3v) is 5.30. The first-order valence-corrected chi connectivity index (χ1v) is 9.81. The second-order valence-corrected chi connectivity index (χ2v) is 7.07. The molecule has 0 saturated carbocycles. The van der Waals surface area contributed by atoms with E-state index in [1.54, 1.807) is 7.11 Å². The number of aromatic nitrogens is 4. The summed E-state index contributed by atoms with van der Waals surface area (Å²) < 4.78 is 20.3. The molecule has 1 fully saturated rings. The Bertz CT molecular complexity index is 893. The van der Waals surface area contributed by atoms with Gasteiger partial charge in [-0.3, -0.25) is 4.90 Å². The maximum atomic E-state index is 13.2. The van der Waals surface area contributed by atoms with Crippen LogP contribution < -0.4 is 4.90 Å². The number of nitrogens with zero attached hydrogens (tertiary/aromatic N) is 6. The molecule has 2 heterocycles. The Morgan fingerprint density at radius 2 is 1.72 bits per heavy atom. The van der Waals surface area contributed by atoms with E-state index in [9.17, 15) is 4.39 Å². The van der Waals surface area contributed by atoms with E-state index in [0.717, 1.165) is 43.3 Å². The summed E-state index contributed by atoms with van der Waals surface area (Å²) >= 11 is 0. The molecule has 3 aromatic rings. The minimum absolute atomic E-state index is 0.0292. The van der Waals surface area contributed by atoms with Gasteiger partial charge in [-0.05, 0) is 40.3 Å². The highest BCUT2D eigenvalue weighted by Crippen LogP contribution is 2.29. The highest BCUT2D eigenvalue weighted by atomic mass is 19.1. The molecule has 1 aliphatic rings. The standard InChI is InChI=1S/C21H25FN6O/c1-29-16-15-28-21(23-24-25-28)20(17-5-3-2-4-6-17)27-13-11-26(12-14-27)19-9-7-18(22)8-10-19/h2-10,20H,11-16H2,1H3. The number of halogens is 1. The van der Waals surface area contributed by atoms with Gasteiger partial charge in [0.1, 0.15) is 5.82 Å². The fourth-order valence-corrected chi connectivity index (χ4v) is 3.79. The normalized spacial score (nSPS) is 16.1. The lowest BCUT2D eigenvalue weighted by Crippen LogP contribution is -2.48. The molecule has 8 heteroatoms. The van der Waals surface area contributed by atoms with Gasteiger partial charge in [-0.1, -0.05) is 30.3 Å². The number of rotatable bonds is 7. The lowest BCUT2D eigenvalue weighted by atomic mass is 10.0. The summed E-state index contributed by atoms with van der Waals surface area (Å²) in [5.74, 6) is 0.614. The Kier molecular flexibility index (Phi) is 6.12. The maximum Gasteiger partial charge on any atom is 0.173 e. The third kappa shape index (κ3) is 4.44. The van der Waals surface area contributed by atoms with Gasteiger partial charge in [0.05, 0.1) is 19.2 Å². The molecular weight excluding hydrogens is 371 g/mol. The van der Waals surface area contributed by atoms with Crippen LogP contribution in [0, 0.1) is 5.82 Å². The summed E-state index contributed by atoms with van der Waals surface area (Å²) in [6, 6.07) is 17.0. The Balaban J connectivity index is 1.55. The number of tetrazole rings is 1. The zero-order valence-corrected chi connectivity index (χ0v) is 16.5. The number of hydrogen-bond acceptors (Lipinski definition) is 6. The van der Waals surface area contributed by atoms with E-state index < -0.39 is 0 Å². The molecule has 152 valence electrons. The van der Waals surface area contributed by atoms with Crippen molar-refractivity contribution in [3.8, 4) is 0 Å². The molecule has 1 atom stereocenters. The zero-order chi connectivity index (χ0) is 20.1. The van der Waals surface area contributed by atoms with E-state index in [1.165, 1.54) is 12.1 Å². The molecule has 0 N–H and O–H groups in total. The smallest absolute Gasteiger partial charge is 0.173 e. The van der Waals surface area contributed by atoms with Crippen LogP contribution >= 0.6 is 0 Å². The van der Waals surface area contributed by atoms with Crippen molar-refractivity contribution in [3.63, 3.8) is 0 Å². The van der Waals surface area contributed by atoms with Crippen LogP contribution in [0.1, 0.15) is 17.4 Å². The minimum atomic E-state index is -0.209. The minimum Gasteiger partial charge on any atom is -0.383 e. The van der Waals surface area contributed by atoms with Crippen molar-refractivity contribution in [1.82, 2.24) is 25.1 Å². The van der Waals surface area contributed by atoms with Crippen LogP contribution in [0.4, 0.5) is 10.1 Å². The van der Waals surface area contributed by atoms with Gasteiger partial charge in [0.25, 0.3) is 0 Å². The van der Waals surface area contributed by atoms with Crippen LogP contribution in [0.5, 0.6) is 0 Å². The van der Waals surface area contributed by atoms with Crippen molar-refractivity contribution >= 4 is 5.69 Å². The molecule has 0 aliphatic carbocycles.